The van der Waals surface area contributed by atoms with E-state index < -0.39 is 0 Å². The summed E-state index contributed by atoms with van der Waals surface area (Å²) in [6.45, 7) is 33.2. The Morgan fingerprint density at radius 3 is 2.18 bits per heavy atom. The second kappa shape index (κ2) is 22.0. The van der Waals surface area contributed by atoms with E-state index in [1.165, 1.54) is 57.5 Å². The van der Waals surface area contributed by atoms with E-state index in [9.17, 15) is 0 Å². The van der Waals surface area contributed by atoms with Gasteiger partial charge in [-0.2, -0.15) is 0 Å². The first-order valence-electron chi connectivity index (χ1n) is 16.4. The maximum absolute atomic E-state index is 4.07. The van der Waals surface area contributed by atoms with Gasteiger partial charge in [0.2, 0.25) is 0 Å². The van der Waals surface area contributed by atoms with Crippen LogP contribution in [0, 0.1) is 5.92 Å². The highest BCUT2D eigenvalue weighted by atomic mass is 15.1. The smallest absolute Gasteiger partial charge is 0.0453 e. The molecular weight excluding hydrogens is 532 g/mol. The zero-order chi connectivity index (χ0) is 32.9. The molecular formula is C42H60N2. The van der Waals surface area contributed by atoms with Gasteiger partial charge in [0.05, 0.1) is 0 Å². The SMILES string of the molecule is C=C(C)/C=C/c1ccc(CN(CCCC(=C)C)CCc2c[nH]c(/C=C\C)c2/C=C\C)cc1.C=CC1=C(C=C)C(C)CC1.CC. The Balaban J connectivity index is 0.000000675. The van der Waals surface area contributed by atoms with Crippen molar-refractivity contribution in [2.24, 2.45) is 5.92 Å². The highest BCUT2D eigenvalue weighted by molar-refractivity contribution is 5.65. The molecule has 1 atom stereocenters. The number of nitrogens with one attached hydrogen (secondary N) is 1. The van der Waals surface area contributed by atoms with Gasteiger partial charge in [0, 0.05) is 30.5 Å². The summed E-state index contributed by atoms with van der Waals surface area (Å²) in [6.07, 6.45) is 24.5. The lowest BCUT2D eigenvalue weighted by Gasteiger charge is -2.23. The summed E-state index contributed by atoms with van der Waals surface area (Å²) in [6, 6.07) is 8.88. The number of aromatic amines is 1. The molecule has 2 aromatic rings. The van der Waals surface area contributed by atoms with Crippen LogP contribution >= 0.6 is 0 Å². The van der Waals surface area contributed by atoms with Crippen LogP contribution < -0.4 is 0 Å². The Hall–Kier alpha value is -3.62. The van der Waals surface area contributed by atoms with E-state index in [-0.39, 0.29) is 0 Å². The van der Waals surface area contributed by atoms with Crippen LogP contribution in [0.1, 0.15) is 102 Å². The topological polar surface area (TPSA) is 19.0 Å². The molecule has 1 aliphatic carbocycles. The summed E-state index contributed by atoms with van der Waals surface area (Å²) in [5.74, 6) is 0.700. The molecule has 238 valence electrons. The average Bonchev–Trinajstić information content (AvgIpc) is 3.58. The number of H-pyrrole nitrogens is 1. The number of aromatic nitrogens is 1. The summed E-state index contributed by atoms with van der Waals surface area (Å²) in [7, 11) is 0. The number of rotatable bonds is 15. The van der Waals surface area contributed by atoms with E-state index in [1.54, 1.807) is 0 Å². The van der Waals surface area contributed by atoms with Crippen LogP contribution in [0.15, 0.2) is 109 Å². The van der Waals surface area contributed by atoms with Crippen LogP contribution in [0.3, 0.4) is 0 Å². The van der Waals surface area contributed by atoms with Gasteiger partial charge >= 0.3 is 0 Å². The van der Waals surface area contributed by atoms with E-state index in [4.69, 9.17) is 0 Å². The Bertz CT molecular complexity index is 1290. The molecule has 1 aromatic carbocycles. The van der Waals surface area contributed by atoms with Gasteiger partial charge in [0.1, 0.15) is 0 Å². The Morgan fingerprint density at radius 2 is 1.64 bits per heavy atom. The standard InChI is InChI=1S/C30H40N2.C10H14.C2H6/c1-7-10-29-28(22-31-30(29)11-8-2)19-21-32(20-9-12-24(3)4)23-27-17-15-26(16-18-27)14-13-25(5)6;1-4-9-7-6-8(3)10(9)5-2;1-2/h7-8,10-11,13-18,22,31H,3,5,9,12,19-21,23H2,1-2,4,6H3;4-5,8H,1-2,6-7H2,3H3;1-2H3/b10-7-,11-8-,14-13+;;. The van der Waals surface area contributed by atoms with E-state index in [0.717, 1.165) is 44.5 Å². The van der Waals surface area contributed by atoms with E-state index in [1.807, 2.05) is 32.9 Å². The fraction of sp³-hybridized carbons (Fsp3) is 0.381. The van der Waals surface area contributed by atoms with E-state index >= 15 is 0 Å². The fourth-order valence-corrected chi connectivity index (χ4v) is 5.29. The Morgan fingerprint density at radius 1 is 0.955 bits per heavy atom. The first kappa shape index (κ1) is 38.4. The molecule has 0 fully saturated rings. The zero-order valence-corrected chi connectivity index (χ0v) is 29.0. The average molecular weight is 593 g/mol. The largest absolute Gasteiger partial charge is 0.361 e. The van der Waals surface area contributed by atoms with Crippen LogP contribution in [-0.2, 0) is 13.0 Å². The van der Waals surface area contributed by atoms with Gasteiger partial charge in [-0.15, -0.1) is 6.58 Å². The number of allylic oxidation sites excluding steroid dienone is 9. The van der Waals surface area contributed by atoms with Crippen molar-refractivity contribution in [2.45, 2.75) is 87.1 Å². The van der Waals surface area contributed by atoms with Crippen molar-refractivity contribution in [1.29, 1.82) is 0 Å². The summed E-state index contributed by atoms with van der Waals surface area (Å²) in [5.41, 5.74) is 11.6. The molecule has 3 rings (SSSR count). The van der Waals surface area contributed by atoms with Crippen molar-refractivity contribution in [1.82, 2.24) is 9.88 Å². The molecule has 44 heavy (non-hydrogen) atoms. The lowest BCUT2D eigenvalue weighted by molar-refractivity contribution is 0.265. The van der Waals surface area contributed by atoms with E-state index in [2.05, 4.69) is 131 Å². The number of hydrogen-bond acceptors (Lipinski definition) is 1. The molecule has 2 heteroatoms. The maximum Gasteiger partial charge on any atom is 0.0453 e. The molecule has 0 radical (unpaired) electrons. The third-order valence-electron chi connectivity index (χ3n) is 7.64. The van der Waals surface area contributed by atoms with Gasteiger partial charge in [-0.3, -0.25) is 4.90 Å². The summed E-state index contributed by atoms with van der Waals surface area (Å²) in [5, 5.41) is 0. The van der Waals surface area contributed by atoms with Crippen LogP contribution in [0.5, 0.6) is 0 Å². The van der Waals surface area contributed by atoms with Gasteiger partial charge in [-0.05, 0) is 106 Å². The van der Waals surface area contributed by atoms with Crippen LogP contribution in [-0.4, -0.2) is 23.0 Å². The molecule has 0 spiro atoms. The Labute approximate surface area is 271 Å². The van der Waals surface area contributed by atoms with Crippen molar-refractivity contribution < 1.29 is 0 Å². The van der Waals surface area contributed by atoms with Crippen molar-refractivity contribution >= 4 is 18.2 Å². The van der Waals surface area contributed by atoms with Gasteiger partial charge in [-0.1, -0.05) is 118 Å². The van der Waals surface area contributed by atoms with Crippen molar-refractivity contribution in [3.05, 3.63) is 137 Å². The minimum atomic E-state index is 0.700. The third-order valence-corrected chi connectivity index (χ3v) is 7.64. The minimum Gasteiger partial charge on any atom is -0.361 e. The number of nitrogens with zero attached hydrogens (tertiary/aromatic N) is 1. The lowest BCUT2D eigenvalue weighted by Crippen LogP contribution is -2.27. The van der Waals surface area contributed by atoms with Gasteiger partial charge < -0.3 is 4.98 Å². The van der Waals surface area contributed by atoms with Crippen molar-refractivity contribution in [3.8, 4) is 0 Å². The second-order valence-electron chi connectivity index (χ2n) is 11.5. The molecule has 1 heterocycles. The normalized spacial score (nSPS) is 14.6. The molecule has 0 aliphatic heterocycles. The number of benzene rings is 1. The second-order valence-corrected chi connectivity index (χ2v) is 11.5. The van der Waals surface area contributed by atoms with Gasteiger partial charge in [0.15, 0.2) is 0 Å². The highest BCUT2D eigenvalue weighted by Gasteiger charge is 2.16. The van der Waals surface area contributed by atoms with Crippen LogP contribution in [0.2, 0.25) is 0 Å². The quantitative estimate of drug-likeness (QED) is 0.161. The molecule has 1 aromatic heterocycles. The molecule has 1 aliphatic rings. The first-order valence-corrected chi connectivity index (χ1v) is 16.4. The Kier molecular flexibility index (Phi) is 19.2. The molecule has 1 N–H and O–H groups in total. The monoisotopic (exact) mass is 592 g/mol. The lowest BCUT2D eigenvalue weighted by atomic mass is 10.0. The predicted octanol–water partition coefficient (Wildman–Crippen LogP) is 12.2. The summed E-state index contributed by atoms with van der Waals surface area (Å²) >= 11 is 0. The molecule has 0 saturated carbocycles. The van der Waals surface area contributed by atoms with Crippen molar-refractivity contribution in [3.63, 3.8) is 0 Å². The molecule has 0 saturated heterocycles. The molecule has 0 bridgehead atoms. The fourth-order valence-electron chi connectivity index (χ4n) is 5.29. The molecule has 2 nitrogen and oxygen atoms in total. The van der Waals surface area contributed by atoms with Crippen molar-refractivity contribution in [2.75, 3.05) is 13.1 Å². The zero-order valence-electron chi connectivity index (χ0n) is 29.0. The van der Waals surface area contributed by atoms with E-state index in [0.29, 0.717) is 5.92 Å². The number of hydrogen-bond donors (Lipinski definition) is 1. The predicted molar refractivity (Wildman–Crippen MR) is 201 cm³/mol. The summed E-state index contributed by atoms with van der Waals surface area (Å²) < 4.78 is 0. The van der Waals surface area contributed by atoms with Crippen LogP contribution in [0.4, 0.5) is 0 Å². The minimum absolute atomic E-state index is 0.700. The third kappa shape index (κ3) is 13.8. The maximum atomic E-state index is 4.07. The molecule has 0 amide bonds. The summed E-state index contributed by atoms with van der Waals surface area (Å²) in [4.78, 5) is 6.01. The highest BCUT2D eigenvalue weighted by Crippen LogP contribution is 2.32. The van der Waals surface area contributed by atoms with Crippen LogP contribution in [0.25, 0.3) is 18.2 Å². The first-order chi connectivity index (χ1) is 21.2. The van der Waals surface area contributed by atoms with Gasteiger partial charge in [-0.25, -0.2) is 0 Å². The molecule has 1 unspecified atom stereocenters. The van der Waals surface area contributed by atoms with Gasteiger partial charge in [0.25, 0.3) is 0 Å².